The maximum absolute atomic E-state index is 6.84. The van der Waals surface area contributed by atoms with Gasteiger partial charge in [0.2, 0.25) is 0 Å². The van der Waals surface area contributed by atoms with Gasteiger partial charge in [0.05, 0.1) is 20.7 Å². The molecule has 0 rings (SSSR count). The fraction of sp³-hybridized carbons (Fsp3) is 1.00. The van der Waals surface area contributed by atoms with Gasteiger partial charge in [-0.15, -0.1) is 0 Å². The van der Waals surface area contributed by atoms with Gasteiger partial charge in [0, 0.05) is 5.75 Å². The third kappa shape index (κ3) is 6.66. The van der Waals surface area contributed by atoms with Crippen molar-refractivity contribution in [1.29, 1.82) is 0 Å². The van der Waals surface area contributed by atoms with Crippen molar-refractivity contribution in [3.8, 4) is 0 Å². The van der Waals surface area contributed by atoms with E-state index >= 15 is 0 Å². The van der Waals surface area contributed by atoms with Gasteiger partial charge in [-0.2, -0.15) is 6.54 Å². The largest absolute Gasteiger partial charge is 0.677 e. The van der Waals surface area contributed by atoms with Crippen molar-refractivity contribution in [2.24, 2.45) is 0 Å². The van der Waals surface area contributed by atoms with E-state index in [4.69, 9.17) is 5.73 Å². The summed E-state index contributed by atoms with van der Waals surface area (Å²) >= 11 is 0. The highest BCUT2D eigenvalue weighted by atomic mass is 33.1. The molecule has 0 unspecified atom stereocenters. The minimum absolute atomic E-state index is 0.516. The summed E-state index contributed by atoms with van der Waals surface area (Å²) in [7, 11) is 2.48. The summed E-state index contributed by atoms with van der Waals surface area (Å²) in [5, 5.41) is 0. The highest BCUT2D eigenvalue weighted by molar-refractivity contribution is 8.73. The van der Waals surface area contributed by atoms with E-state index in [1.807, 2.05) is 10.8 Å². The summed E-state index contributed by atoms with van der Waals surface area (Å²) < 4.78 is 0. The first-order valence-electron chi connectivity index (χ1n) is 2.63. The Bertz CT molecular complexity index is 47.7. The van der Waals surface area contributed by atoms with Crippen LogP contribution in [-0.4, -0.2) is 24.8 Å². The Kier molecular flexibility index (Phi) is 6.27. The summed E-state index contributed by atoms with van der Waals surface area (Å²) in [6.07, 6.45) is 5.49. The lowest BCUT2D eigenvalue weighted by Crippen LogP contribution is -1.89. The van der Waals surface area contributed by atoms with Crippen LogP contribution in [0.3, 0.4) is 0 Å². The lowest BCUT2D eigenvalue weighted by Gasteiger charge is -1.96. The first kappa shape index (κ1) is 8.66. The Morgan fingerprint density at radius 3 is 2.50 bits per heavy atom. The van der Waals surface area contributed by atoms with Crippen molar-refractivity contribution < 1.29 is 0 Å². The highest BCUT2D eigenvalue weighted by Crippen LogP contribution is 2.10. The SMILES string of the molecule is C[S+](C)SCCC[NH-]. The van der Waals surface area contributed by atoms with Crippen LogP contribution in [0.5, 0.6) is 0 Å². The summed E-state index contributed by atoms with van der Waals surface area (Å²) in [5.74, 6) is 1.17. The van der Waals surface area contributed by atoms with Crippen molar-refractivity contribution in [2.75, 3.05) is 24.8 Å². The monoisotopic (exact) mass is 151 g/mol. The van der Waals surface area contributed by atoms with E-state index in [0.717, 1.165) is 6.42 Å². The maximum Gasteiger partial charge on any atom is 0.109 e. The first-order valence-corrected chi connectivity index (χ1v) is 6.17. The molecule has 8 heavy (non-hydrogen) atoms. The van der Waals surface area contributed by atoms with Crippen LogP contribution in [0.4, 0.5) is 0 Å². The molecule has 0 saturated heterocycles. The van der Waals surface area contributed by atoms with Crippen LogP contribution in [-0.2, 0) is 9.93 Å². The number of hydrogen-bond donors (Lipinski definition) is 0. The molecule has 0 fully saturated rings. The molecule has 0 heterocycles. The number of rotatable bonds is 4. The molecule has 1 N–H and O–H groups in total. The van der Waals surface area contributed by atoms with Gasteiger partial charge in [0.1, 0.15) is 12.5 Å². The predicted octanol–water partition coefficient (Wildman–Crippen LogP) is 1.95. The molecule has 0 atom stereocenters. The zero-order valence-corrected chi connectivity index (χ0v) is 7.07. The second kappa shape index (κ2) is 5.79. The minimum Gasteiger partial charge on any atom is -0.677 e. The van der Waals surface area contributed by atoms with Gasteiger partial charge < -0.3 is 5.73 Å². The van der Waals surface area contributed by atoms with E-state index in [2.05, 4.69) is 12.5 Å². The van der Waals surface area contributed by atoms with Crippen LogP contribution in [0.25, 0.3) is 5.73 Å². The van der Waals surface area contributed by atoms with Gasteiger partial charge in [-0.05, 0) is 0 Å². The molecule has 0 aromatic heterocycles. The third-order valence-corrected chi connectivity index (χ3v) is 3.48. The van der Waals surface area contributed by atoms with Gasteiger partial charge in [-0.3, -0.25) is 0 Å². The van der Waals surface area contributed by atoms with Crippen LogP contribution in [0.2, 0.25) is 0 Å². The van der Waals surface area contributed by atoms with E-state index in [1.165, 1.54) is 5.75 Å². The van der Waals surface area contributed by atoms with Crippen LogP contribution in [0.1, 0.15) is 6.42 Å². The minimum atomic E-state index is 0.516. The Morgan fingerprint density at radius 1 is 1.50 bits per heavy atom. The molecule has 50 valence electrons. The normalized spacial score (nSPS) is 10.5. The average molecular weight is 151 g/mol. The van der Waals surface area contributed by atoms with E-state index < -0.39 is 0 Å². The molecule has 0 amide bonds. The smallest absolute Gasteiger partial charge is 0.109 e. The van der Waals surface area contributed by atoms with E-state index in [-0.39, 0.29) is 0 Å². The molecule has 0 saturated carbocycles. The second-order valence-electron chi connectivity index (χ2n) is 1.67. The predicted molar refractivity (Wildman–Crippen MR) is 45.5 cm³/mol. The molecule has 0 aliphatic heterocycles. The maximum atomic E-state index is 6.84. The highest BCUT2D eigenvalue weighted by Gasteiger charge is 2.00. The van der Waals surface area contributed by atoms with Crippen molar-refractivity contribution in [1.82, 2.24) is 0 Å². The lowest BCUT2D eigenvalue weighted by atomic mass is 10.5. The Hall–Kier alpha value is 0.660. The van der Waals surface area contributed by atoms with Gasteiger partial charge in [0.15, 0.2) is 0 Å². The summed E-state index contributed by atoms with van der Waals surface area (Å²) in [6.45, 7) is 0.588. The topological polar surface area (TPSA) is 23.8 Å². The van der Waals surface area contributed by atoms with Gasteiger partial charge in [0.25, 0.3) is 0 Å². The molecular formula is C5H13NS2. The molecular weight excluding hydrogens is 138 g/mol. The molecule has 0 bridgehead atoms. The summed E-state index contributed by atoms with van der Waals surface area (Å²) in [4.78, 5) is 0. The molecule has 0 radical (unpaired) electrons. The summed E-state index contributed by atoms with van der Waals surface area (Å²) in [5.41, 5.74) is 6.84. The fourth-order valence-corrected chi connectivity index (χ4v) is 2.25. The van der Waals surface area contributed by atoms with Crippen LogP contribution >= 0.6 is 10.8 Å². The second-order valence-corrected chi connectivity index (χ2v) is 6.50. The van der Waals surface area contributed by atoms with Gasteiger partial charge in [-0.1, -0.05) is 6.42 Å². The van der Waals surface area contributed by atoms with E-state index in [0.29, 0.717) is 16.5 Å². The van der Waals surface area contributed by atoms with Crippen LogP contribution < -0.4 is 0 Å². The molecule has 3 heteroatoms. The van der Waals surface area contributed by atoms with Crippen molar-refractivity contribution in [3.63, 3.8) is 0 Å². The number of nitrogens with one attached hydrogen (secondary N) is 1. The Balaban J connectivity index is 2.72. The average Bonchev–Trinajstić information content (AvgIpc) is 1.66. The molecule has 0 spiro atoms. The molecule has 0 aromatic carbocycles. The fourth-order valence-electron chi connectivity index (χ4n) is 0.298. The quantitative estimate of drug-likeness (QED) is 0.342. The van der Waals surface area contributed by atoms with E-state index in [1.54, 1.807) is 0 Å². The molecule has 1 nitrogen and oxygen atoms in total. The standard InChI is InChI=1S/C5H13NS2/c1-8(2)7-5-3-4-6/h6H,3-5H2,1-2H3. The third-order valence-electron chi connectivity index (χ3n) is 0.640. The summed E-state index contributed by atoms with van der Waals surface area (Å²) in [6, 6.07) is 0. The van der Waals surface area contributed by atoms with Crippen molar-refractivity contribution in [2.45, 2.75) is 6.42 Å². The van der Waals surface area contributed by atoms with Crippen LogP contribution in [0, 0.1) is 0 Å². The van der Waals surface area contributed by atoms with Crippen LogP contribution in [0.15, 0.2) is 0 Å². The molecule has 0 aromatic rings. The Labute approximate surface area is 58.2 Å². The zero-order chi connectivity index (χ0) is 6.41. The van der Waals surface area contributed by atoms with Crippen molar-refractivity contribution in [3.05, 3.63) is 5.73 Å². The first-order chi connectivity index (χ1) is 3.77. The van der Waals surface area contributed by atoms with Gasteiger partial charge >= 0.3 is 0 Å². The van der Waals surface area contributed by atoms with Gasteiger partial charge in [-0.25, -0.2) is 0 Å². The lowest BCUT2D eigenvalue weighted by molar-refractivity contribution is 1.06. The zero-order valence-electron chi connectivity index (χ0n) is 5.44. The number of hydrogen-bond acceptors (Lipinski definition) is 1. The van der Waals surface area contributed by atoms with Crippen molar-refractivity contribution >= 4 is 20.7 Å². The molecule has 0 aliphatic carbocycles. The Morgan fingerprint density at radius 2 is 2.12 bits per heavy atom. The molecule has 0 aliphatic rings. The van der Waals surface area contributed by atoms with E-state index in [9.17, 15) is 0 Å².